The predicted molar refractivity (Wildman–Crippen MR) is 319 cm³/mol. The highest BCUT2D eigenvalue weighted by Gasteiger charge is 2.18. The maximum absolute atomic E-state index is 12.5. The van der Waals surface area contributed by atoms with Crippen molar-refractivity contribution in [2.75, 3.05) is 13.2 Å². The smallest absolute Gasteiger partial charge is 0.305 e. The second-order valence-corrected chi connectivity index (χ2v) is 22.1. The molecule has 1 amide bonds. The van der Waals surface area contributed by atoms with Gasteiger partial charge in [0.25, 0.3) is 0 Å². The van der Waals surface area contributed by atoms with E-state index in [0.29, 0.717) is 19.4 Å². The second kappa shape index (κ2) is 62.4. The van der Waals surface area contributed by atoms with E-state index in [2.05, 4.69) is 55.6 Å². The van der Waals surface area contributed by atoms with Crippen molar-refractivity contribution in [1.29, 1.82) is 0 Å². The standard InChI is InChI=1S/C67H125NO5/c1-3-5-7-9-11-13-15-17-19-21-22-23-24-25-28-31-35-39-43-47-51-55-59-65(70)64(63-69)68-66(71)60-56-52-48-44-40-36-32-29-26-30-34-38-42-46-50-54-58-62-73-67(72)61-57-53-49-45-41-37-33-27-20-18-16-14-12-10-8-6-4-2/h18,20,26,30,38,42,55,59,64-65,69-70H,3-17,19,21-25,27-29,31-37,39-41,43-54,56-58,60-63H2,1-2H3,(H,68,71)/b20-18-,30-26-,42-38-,59-55+. The highest BCUT2D eigenvalue weighted by molar-refractivity contribution is 5.76. The molecular weight excluding hydrogens is 899 g/mol. The Labute approximate surface area is 455 Å². The van der Waals surface area contributed by atoms with E-state index >= 15 is 0 Å². The van der Waals surface area contributed by atoms with Crippen LogP contribution in [0.15, 0.2) is 48.6 Å². The fourth-order valence-electron chi connectivity index (χ4n) is 9.84. The van der Waals surface area contributed by atoms with Gasteiger partial charge in [-0.3, -0.25) is 9.59 Å². The molecule has 0 saturated carbocycles. The molecule has 0 heterocycles. The molecule has 0 aromatic heterocycles. The molecule has 6 nitrogen and oxygen atoms in total. The van der Waals surface area contributed by atoms with Crippen molar-refractivity contribution in [3.05, 3.63) is 48.6 Å². The van der Waals surface area contributed by atoms with E-state index < -0.39 is 12.1 Å². The minimum Gasteiger partial charge on any atom is -0.466 e. The van der Waals surface area contributed by atoms with Crippen LogP contribution in [0, 0.1) is 0 Å². The maximum atomic E-state index is 12.5. The zero-order valence-corrected chi connectivity index (χ0v) is 48.9. The van der Waals surface area contributed by atoms with Crippen molar-refractivity contribution in [3.63, 3.8) is 0 Å². The van der Waals surface area contributed by atoms with Gasteiger partial charge >= 0.3 is 5.97 Å². The van der Waals surface area contributed by atoms with E-state index in [9.17, 15) is 19.8 Å². The van der Waals surface area contributed by atoms with Crippen molar-refractivity contribution < 1.29 is 24.5 Å². The van der Waals surface area contributed by atoms with E-state index in [4.69, 9.17) is 4.74 Å². The van der Waals surface area contributed by atoms with Crippen LogP contribution in [0.5, 0.6) is 0 Å². The van der Waals surface area contributed by atoms with E-state index in [-0.39, 0.29) is 18.5 Å². The largest absolute Gasteiger partial charge is 0.466 e. The summed E-state index contributed by atoms with van der Waals surface area (Å²) >= 11 is 0. The Morgan fingerprint density at radius 2 is 0.685 bits per heavy atom. The fraction of sp³-hybridized carbons (Fsp3) is 0.851. The fourth-order valence-corrected chi connectivity index (χ4v) is 9.84. The number of ether oxygens (including phenoxy) is 1. The van der Waals surface area contributed by atoms with Gasteiger partial charge in [0.1, 0.15) is 0 Å². The van der Waals surface area contributed by atoms with Crippen molar-refractivity contribution in [2.24, 2.45) is 0 Å². The van der Waals surface area contributed by atoms with Crippen molar-refractivity contribution in [2.45, 2.75) is 353 Å². The molecule has 6 heteroatoms. The third-order valence-electron chi connectivity index (χ3n) is 14.8. The number of esters is 1. The molecule has 0 aromatic carbocycles. The Kier molecular flexibility index (Phi) is 60.5. The number of nitrogens with one attached hydrogen (secondary N) is 1. The second-order valence-electron chi connectivity index (χ2n) is 22.1. The summed E-state index contributed by atoms with van der Waals surface area (Å²) in [4.78, 5) is 24.6. The highest BCUT2D eigenvalue weighted by atomic mass is 16.5. The third kappa shape index (κ3) is 58.9. The van der Waals surface area contributed by atoms with E-state index in [0.717, 1.165) is 83.5 Å². The van der Waals surface area contributed by atoms with Crippen molar-refractivity contribution >= 4 is 11.9 Å². The Hall–Kier alpha value is -2.18. The summed E-state index contributed by atoms with van der Waals surface area (Å²) in [5, 5.41) is 23.2. The van der Waals surface area contributed by atoms with Gasteiger partial charge in [-0.1, -0.05) is 281 Å². The van der Waals surface area contributed by atoms with Gasteiger partial charge in [0.2, 0.25) is 5.91 Å². The number of hydrogen-bond donors (Lipinski definition) is 3. The van der Waals surface area contributed by atoms with Crippen LogP contribution >= 0.6 is 0 Å². The van der Waals surface area contributed by atoms with Gasteiger partial charge in [0.15, 0.2) is 0 Å². The average Bonchev–Trinajstić information content (AvgIpc) is 3.39. The minimum absolute atomic E-state index is 0.0196. The molecule has 0 fully saturated rings. The number of carbonyl (C=O) groups is 2. The molecule has 0 rings (SSSR count). The van der Waals surface area contributed by atoms with E-state index in [1.165, 1.54) is 231 Å². The summed E-state index contributed by atoms with van der Waals surface area (Å²) in [5.74, 6) is -0.102. The molecule has 0 radical (unpaired) electrons. The van der Waals surface area contributed by atoms with Gasteiger partial charge in [0.05, 0.1) is 25.4 Å². The van der Waals surface area contributed by atoms with E-state index in [1.54, 1.807) is 6.08 Å². The number of amides is 1. The molecule has 0 spiro atoms. The number of hydrogen-bond acceptors (Lipinski definition) is 5. The summed E-state index contributed by atoms with van der Waals surface area (Å²) in [7, 11) is 0. The first-order valence-electron chi connectivity index (χ1n) is 32.4. The quantitative estimate of drug-likeness (QED) is 0.0320. The average molecular weight is 1020 g/mol. The van der Waals surface area contributed by atoms with Gasteiger partial charge in [-0.25, -0.2) is 0 Å². The molecule has 428 valence electrons. The SMILES string of the molecule is CCCCCCCC/C=C\CCCCCCCCCC(=O)OCCCCC/C=C\C/C=C\CCCCCCCCCC(=O)NC(CO)C(O)/C=C/CCCCCCCCCCCCCCCCCCCCCC. The summed E-state index contributed by atoms with van der Waals surface area (Å²) in [6, 6.07) is -0.642. The Morgan fingerprint density at radius 3 is 1.05 bits per heavy atom. The van der Waals surface area contributed by atoms with Crippen LogP contribution in [-0.2, 0) is 14.3 Å². The summed E-state index contributed by atoms with van der Waals surface area (Å²) < 4.78 is 5.46. The Balaban J connectivity index is 3.52. The van der Waals surface area contributed by atoms with Crippen LogP contribution in [0.1, 0.15) is 341 Å². The molecule has 2 atom stereocenters. The number of allylic oxidation sites excluding steroid dienone is 7. The number of carbonyl (C=O) groups excluding carboxylic acids is 2. The highest BCUT2D eigenvalue weighted by Crippen LogP contribution is 2.17. The summed E-state index contributed by atoms with van der Waals surface area (Å²) in [6.45, 7) is 4.87. The number of aliphatic hydroxyl groups is 2. The lowest BCUT2D eigenvalue weighted by Gasteiger charge is -2.20. The monoisotopic (exact) mass is 1020 g/mol. The van der Waals surface area contributed by atoms with Crippen LogP contribution in [0.3, 0.4) is 0 Å². The van der Waals surface area contributed by atoms with Gasteiger partial charge < -0.3 is 20.3 Å². The van der Waals surface area contributed by atoms with Gasteiger partial charge in [-0.05, 0) is 96.3 Å². The lowest BCUT2D eigenvalue weighted by molar-refractivity contribution is -0.143. The van der Waals surface area contributed by atoms with Crippen molar-refractivity contribution in [1.82, 2.24) is 5.32 Å². The molecule has 0 bridgehead atoms. The summed E-state index contributed by atoms with van der Waals surface area (Å²) in [5.41, 5.74) is 0. The molecule has 73 heavy (non-hydrogen) atoms. The first kappa shape index (κ1) is 70.8. The van der Waals surface area contributed by atoms with Gasteiger partial charge in [-0.15, -0.1) is 0 Å². The van der Waals surface area contributed by atoms with Gasteiger partial charge in [0, 0.05) is 12.8 Å². The Morgan fingerprint density at radius 1 is 0.384 bits per heavy atom. The third-order valence-corrected chi connectivity index (χ3v) is 14.8. The molecule has 3 N–H and O–H groups in total. The zero-order chi connectivity index (χ0) is 52.9. The number of rotatable bonds is 60. The molecule has 0 aliphatic carbocycles. The zero-order valence-electron chi connectivity index (χ0n) is 48.9. The van der Waals surface area contributed by atoms with Crippen LogP contribution < -0.4 is 5.32 Å². The normalized spacial score (nSPS) is 12.9. The predicted octanol–water partition coefficient (Wildman–Crippen LogP) is 20.5. The molecule has 0 saturated heterocycles. The first-order chi connectivity index (χ1) is 36.0. The molecule has 0 aliphatic heterocycles. The maximum Gasteiger partial charge on any atom is 0.305 e. The minimum atomic E-state index is -0.857. The van der Waals surface area contributed by atoms with Crippen molar-refractivity contribution in [3.8, 4) is 0 Å². The number of aliphatic hydroxyl groups excluding tert-OH is 2. The van der Waals surface area contributed by atoms with Crippen LogP contribution in [0.2, 0.25) is 0 Å². The first-order valence-corrected chi connectivity index (χ1v) is 32.4. The lowest BCUT2D eigenvalue weighted by atomic mass is 10.0. The molecule has 0 aromatic rings. The lowest BCUT2D eigenvalue weighted by Crippen LogP contribution is -2.45. The van der Waals surface area contributed by atoms with E-state index in [1.807, 2.05) is 6.08 Å². The summed E-state index contributed by atoms with van der Waals surface area (Å²) in [6.07, 6.45) is 80.1. The molecule has 0 aliphatic rings. The Bertz CT molecular complexity index is 1230. The van der Waals surface area contributed by atoms with Crippen LogP contribution in [-0.4, -0.2) is 47.4 Å². The van der Waals surface area contributed by atoms with Gasteiger partial charge in [-0.2, -0.15) is 0 Å². The van der Waals surface area contributed by atoms with Crippen LogP contribution in [0.4, 0.5) is 0 Å². The molecular formula is C67H125NO5. The van der Waals surface area contributed by atoms with Crippen LogP contribution in [0.25, 0.3) is 0 Å². The topological polar surface area (TPSA) is 95.9 Å². The number of unbranched alkanes of at least 4 members (excludes halogenated alkanes) is 43. The molecule has 2 unspecified atom stereocenters.